The molecule has 44 heavy (non-hydrogen) atoms. The van der Waals surface area contributed by atoms with Gasteiger partial charge >= 0.3 is 13.9 Å². The molecule has 0 saturated carbocycles. The molecule has 6 rings (SSSR count). The third kappa shape index (κ3) is 6.11. The summed E-state index contributed by atoms with van der Waals surface area (Å²) in [5, 5.41) is 22.0. The van der Waals surface area contributed by atoms with Crippen LogP contribution in [-0.2, 0) is 39.4 Å². The van der Waals surface area contributed by atoms with Gasteiger partial charge in [-0.15, -0.1) is 4.52 Å². The van der Waals surface area contributed by atoms with Gasteiger partial charge in [-0.2, -0.15) is 4.98 Å². The van der Waals surface area contributed by atoms with Crippen molar-refractivity contribution in [1.29, 1.82) is 0 Å². The Bertz CT molecular complexity index is 1820. The maximum absolute atomic E-state index is 12.3. The normalized spacial score (nSPS) is 29.0. The number of rotatable bonds is 10. The smallest absolute Gasteiger partial charge is 0.387 e. The number of thiol groups is 1. The minimum absolute atomic E-state index is 0.0236. The zero-order valence-electron chi connectivity index (χ0n) is 22.3. The van der Waals surface area contributed by atoms with E-state index in [-0.39, 0.29) is 36.0 Å². The SMILES string of the molecule is Nc1nc2c(ncn2[C@@H]2OC(CO[P+](=O)S)C[C@H]2OP(O)(=S)OC[C@H]2O[C@@H](n3ccc4c(N)ncnc43)[C@H](O)[C@@H]2O)c(=O)[nH]1. The summed E-state index contributed by atoms with van der Waals surface area (Å²) in [6.07, 6.45) is -3.54. The molecule has 2 aliphatic rings. The average Bonchev–Trinajstić information content (AvgIpc) is 3.73. The predicted molar refractivity (Wildman–Crippen MR) is 159 cm³/mol. The van der Waals surface area contributed by atoms with Crippen LogP contribution in [0.25, 0.3) is 22.2 Å². The topological polar surface area (TPSA) is 270 Å². The Labute approximate surface area is 257 Å². The Morgan fingerprint density at radius 2 is 1.95 bits per heavy atom. The number of H-pyrrole nitrogens is 1. The Morgan fingerprint density at radius 3 is 2.73 bits per heavy atom. The first-order valence-corrected chi connectivity index (χ1v) is 17.7. The number of nitrogens with one attached hydrogen (secondary N) is 1. The second kappa shape index (κ2) is 12.3. The fourth-order valence-electron chi connectivity index (χ4n) is 5.10. The first kappa shape index (κ1) is 31.3. The summed E-state index contributed by atoms with van der Waals surface area (Å²) in [5.74, 6) is 0.0682. The number of nitrogens with zero attached hydrogens (tertiary/aromatic N) is 6. The van der Waals surface area contributed by atoms with Crippen LogP contribution in [0.15, 0.2) is 29.7 Å². The molecule has 236 valence electrons. The summed E-state index contributed by atoms with van der Waals surface area (Å²) in [6.45, 7) is -4.67. The van der Waals surface area contributed by atoms with Crippen LogP contribution in [0.4, 0.5) is 11.8 Å². The quantitative estimate of drug-likeness (QED) is 0.0842. The number of hydrogen-bond acceptors (Lipinski definition) is 16. The molecule has 4 aromatic rings. The van der Waals surface area contributed by atoms with Crippen molar-refractivity contribution in [2.75, 3.05) is 24.7 Å². The zero-order valence-corrected chi connectivity index (χ0v) is 25.8. The number of fused-ring (bicyclic) bond motifs is 2. The molecule has 9 atom stereocenters. The molecule has 6 heterocycles. The maximum Gasteiger partial charge on any atom is 0.582 e. The van der Waals surface area contributed by atoms with Gasteiger partial charge in [-0.05, 0) is 22.4 Å². The van der Waals surface area contributed by atoms with Crippen molar-refractivity contribution in [1.82, 2.24) is 34.1 Å². The molecular formula is C21H26N9O10P2S2+. The summed E-state index contributed by atoms with van der Waals surface area (Å²) in [4.78, 5) is 42.0. The van der Waals surface area contributed by atoms with Gasteiger partial charge in [-0.3, -0.25) is 14.3 Å². The van der Waals surface area contributed by atoms with E-state index in [1.54, 1.807) is 12.3 Å². The predicted octanol–water partition coefficient (Wildman–Crippen LogP) is -0.142. The zero-order chi connectivity index (χ0) is 31.3. The van der Waals surface area contributed by atoms with Crippen molar-refractivity contribution in [3.8, 4) is 0 Å². The summed E-state index contributed by atoms with van der Waals surface area (Å²) >= 11 is 8.99. The first-order valence-electron chi connectivity index (χ1n) is 12.8. The van der Waals surface area contributed by atoms with E-state index < -0.39 is 69.1 Å². The van der Waals surface area contributed by atoms with Crippen LogP contribution in [-0.4, -0.2) is 92.9 Å². The lowest BCUT2D eigenvalue weighted by Crippen LogP contribution is -2.33. The highest BCUT2D eigenvalue weighted by atomic mass is 32.7. The van der Waals surface area contributed by atoms with Gasteiger partial charge < -0.3 is 49.7 Å². The fourth-order valence-corrected chi connectivity index (χ4v) is 7.04. The van der Waals surface area contributed by atoms with E-state index in [1.165, 1.54) is 21.8 Å². The highest BCUT2D eigenvalue weighted by Gasteiger charge is 2.46. The van der Waals surface area contributed by atoms with Crippen LogP contribution >= 0.6 is 26.2 Å². The number of anilines is 2. The number of nitrogens with two attached hydrogens (primary N) is 2. The standard InChI is InChI=1S/C21H25N9O10P2S2/c22-15-9-1-2-29(16(9)25-6-24-15)20-14(32)13(31)11(39-20)5-37-42(35,44)40-10-3-8(4-36-41(34)43)38-19(10)30-7-26-12-17(30)27-21(23)28-18(12)33/h1-2,6-8,10-11,13-14,19-20,31-32H,3-5H2,(H6-,22,23,24,25,27,28,33,34,35,43,44)/p+1/t8?,10-,11-,13-,14-,19-,20-,42?/m1/s1. The molecular weight excluding hydrogens is 664 g/mol. The van der Waals surface area contributed by atoms with Gasteiger partial charge in [0.15, 0.2) is 23.6 Å². The lowest BCUT2D eigenvalue weighted by Gasteiger charge is -2.25. The number of aromatic amines is 1. The van der Waals surface area contributed by atoms with Gasteiger partial charge in [0.1, 0.15) is 61.1 Å². The third-order valence-electron chi connectivity index (χ3n) is 7.06. The van der Waals surface area contributed by atoms with E-state index in [1.807, 2.05) is 0 Å². The third-order valence-corrected chi connectivity index (χ3v) is 9.37. The monoisotopic (exact) mass is 690 g/mol. The van der Waals surface area contributed by atoms with Crippen molar-refractivity contribution in [3.05, 3.63) is 35.3 Å². The van der Waals surface area contributed by atoms with Gasteiger partial charge in [0.05, 0.1) is 24.4 Å². The summed E-state index contributed by atoms with van der Waals surface area (Å²) in [6, 6.07) is 1.65. The number of ether oxygens (including phenoxy) is 2. The summed E-state index contributed by atoms with van der Waals surface area (Å²) in [7, 11) is -2.23. The Hall–Kier alpha value is -2.65. The molecule has 0 aliphatic carbocycles. The summed E-state index contributed by atoms with van der Waals surface area (Å²) in [5.41, 5.74) is 11.5. The van der Waals surface area contributed by atoms with Gasteiger partial charge in [0, 0.05) is 12.6 Å². The van der Waals surface area contributed by atoms with Crippen molar-refractivity contribution in [3.63, 3.8) is 0 Å². The molecule has 23 heteroatoms. The Kier molecular flexibility index (Phi) is 8.74. The number of imidazole rings is 1. The van der Waals surface area contributed by atoms with Gasteiger partial charge in [0.25, 0.3) is 5.56 Å². The van der Waals surface area contributed by atoms with E-state index in [2.05, 4.69) is 37.2 Å². The molecule has 4 aromatic heterocycles. The Balaban J connectivity index is 1.17. The molecule has 19 nitrogen and oxygen atoms in total. The van der Waals surface area contributed by atoms with Crippen molar-refractivity contribution in [2.24, 2.45) is 0 Å². The molecule has 0 radical (unpaired) electrons. The molecule has 2 saturated heterocycles. The van der Waals surface area contributed by atoms with Crippen LogP contribution in [0, 0.1) is 0 Å². The highest BCUT2D eigenvalue weighted by molar-refractivity contribution is 8.39. The average molecular weight is 691 g/mol. The van der Waals surface area contributed by atoms with Gasteiger partial charge in [0.2, 0.25) is 5.95 Å². The van der Waals surface area contributed by atoms with E-state index in [4.69, 9.17) is 46.3 Å². The first-order chi connectivity index (χ1) is 20.9. The Morgan fingerprint density at radius 1 is 1.16 bits per heavy atom. The molecule has 2 aliphatic heterocycles. The highest BCUT2D eigenvalue weighted by Crippen LogP contribution is 2.50. The lowest BCUT2D eigenvalue weighted by atomic mass is 10.1. The van der Waals surface area contributed by atoms with E-state index >= 15 is 0 Å². The van der Waals surface area contributed by atoms with E-state index in [0.29, 0.717) is 11.0 Å². The molecule has 2 fully saturated rings. The minimum Gasteiger partial charge on any atom is -0.387 e. The minimum atomic E-state index is -4.07. The molecule has 0 aromatic carbocycles. The number of aliphatic hydroxyl groups excluding tert-OH is 2. The molecule has 0 bridgehead atoms. The van der Waals surface area contributed by atoms with Crippen LogP contribution in [0.1, 0.15) is 18.9 Å². The van der Waals surface area contributed by atoms with Crippen LogP contribution < -0.4 is 17.0 Å². The molecule has 0 amide bonds. The van der Waals surface area contributed by atoms with Crippen LogP contribution in [0.2, 0.25) is 0 Å². The maximum atomic E-state index is 12.3. The fraction of sp³-hybridized carbons (Fsp3) is 0.476. The van der Waals surface area contributed by atoms with Crippen LogP contribution in [0.3, 0.4) is 0 Å². The molecule has 3 unspecified atom stereocenters. The van der Waals surface area contributed by atoms with Crippen molar-refractivity contribution in [2.45, 2.75) is 49.4 Å². The number of aromatic nitrogens is 7. The van der Waals surface area contributed by atoms with Gasteiger partial charge in [-0.1, -0.05) is 0 Å². The van der Waals surface area contributed by atoms with Crippen molar-refractivity contribution < 1.29 is 42.7 Å². The number of hydrogen-bond donors (Lipinski definition) is 7. The van der Waals surface area contributed by atoms with Crippen LogP contribution in [0.5, 0.6) is 0 Å². The van der Waals surface area contributed by atoms with E-state index in [0.717, 1.165) is 0 Å². The molecule has 8 N–H and O–H groups in total. The number of aliphatic hydroxyl groups is 2. The van der Waals surface area contributed by atoms with Crippen molar-refractivity contribution >= 4 is 72.0 Å². The number of nitrogen functional groups attached to an aromatic ring is 2. The second-order valence-electron chi connectivity index (χ2n) is 9.87. The van der Waals surface area contributed by atoms with E-state index in [9.17, 15) is 24.5 Å². The largest absolute Gasteiger partial charge is 0.582 e. The summed E-state index contributed by atoms with van der Waals surface area (Å²) < 4.78 is 42.6. The second-order valence-corrected chi connectivity index (χ2v) is 14.4. The van der Waals surface area contributed by atoms with Gasteiger partial charge in [-0.25, -0.2) is 15.0 Å². The molecule has 0 spiro atoms. The lowest BCUT2D eigenvalue weighted by molar-refractivity contribution is -0.0558.